The molecule has 5 rings (SSSR count). The molecule has 1 saturated heterocycles. The number of likely N-dealkylation sites (N-methyl/N-ethyl adjacent to an activating group) is 1. The highest BCUT2D eigenvalue weighted by molar-refractivity contribution is 5.99. The predicted molar refractivity (Wildman–Crippen MR) is 153 cm³/mol. The smallest absolute Gasteiger partial charge is 0.358 e. The van der Waals surface area contributed by atoms with Crippen molar-refractivity contribution in [2.75, 3.05) is 44.0 Å². The highest BCUT2D eigenvalue weighted by atomic mass is 19.1. The van der Waals surface area contributed by atoms with Crippen LogP contribution in [0.1, 0.15) is 21.6 Å². The molecular formula is C29H31FN6O5. The number of urea groups is 1. The van der Waals surface area contributed by atoms with Crippen LogP contribution in [-0.4, -0.2) is 65.6 Å². The molecule has 4 aromatic rings. The van der Waals surface area contributed by atoms with E-state index in [2.05, 4.69) is 4.98 Å². The van der Waals surface area contributed by atoms with Gasteiger partial charge in [-0.3, -0.25) is 14.1 Å². The van der Waals surface area contributed by atoms with Crippen molar-refractivity contribution in [3.8, 4) is 5.75 Å². The summed E-state index contributed by atoms with van der Waals surface area (Å²) in [7, 11) is 5.29. The normalized spacial score (nSPS) is 12.8. The van der Waals surface area contributed by atoms with Crippen LogP contribution >= 0.6 is 0 Å². The van der Waals surface area contributed by atoms with Crippen molar-refractivity contribution in [1.82, 2.24) is 14.3 Å². The van der Waals surface area contributed by atoms with Gasteiger partial charge < -0.3 is 25.4 Å². The molecule has 1 aliphatic rings. The van der Waals surface area contributed by atoms with Gasteiger partial charge in [-0.15, -0.1) is 0 Å². The number of halogens is 1. The van der Waals surface area contributed by atoms with E-state index >= 15 is 0 Å². The third kappa shape index (κ3) is 6.44. The molecule has 0 spiro atoms. The number of carbonyl (C=O) groups is 2. The average molecular weight is 563 g/mol. The molecule has 11 nitrogen and oxygen atoms in total. The Balaban J connectivity index is 0.000000367. The van der Waals surface area contributed by atoms with Crippen molar-refractivity contribution in [1.29, 1.82) is 0 Å². The van der Waals surface area contributed by atoms with Gasteiger partial charge in [0.1, 0.15) is 12.4 Å². The van der Waals surface area contributed by atoms with Crippen LogP contribution < -0.4 is 25.8 Å². The molecule has 3 N–H and O–H groups in total. The Kier molecular flexibility index (Phi) is 8.83. The molecule has 0 unspecified atom stereocenters. The van der Waals surface area contributed by atoms with Crippen LogP contribution in [0.15, 0.2) is 71.7 Å². The Morgan fingerprint density at radius 2 is 1.76 bits per heavy atom. The van der Waals surface area contributed by atoms with Crippen LogP contribution in [0.3, 0.4) is 0 Å². The quantitative estimate of drug-likeness (QED) is 0.351. The predicted octanol–water partition coefficient (Wildman–Crippen LogP) is 3.19. The number of ether oxygens (including phenoxy) is 1. The Hall–Kier alpha value is -4.97. The van der Waals surface area contributed by atoms with Crippen LogP contribution in [0.25, 0.3) is 5.65 Å². The Labute approximate surface area is 235 Å². The number of nitrogens with two attached hydrogens (primary N) is 1. The number of amides is 2. The molecule has 1 fully saturated rings. The van der Waals surface area contributed by atoms with E-state index in [-0.39, 0.29) is 29.9 Å². The minimum atomic E-state index is -1.39. The largest absolute Gasteiger partial charge is 0.481 e. The highest BCUT2D eigenvalue weighted by Crippen LogP contribution is 2.29. The van der Waals surface area contributed by atoms with Crippen molar-refractivity contribution in [3.05, 3.63) is 99.9 Å². The number of hydrogen-bond acceptors (Lipinski definition) is 7. The van der Waals surface area contributed by atoms with Crippen LogP contribution in [-0.2, 0) is 13.2 Å². The number of carboxylic acid groups (broad SMARTS) is 1. The molecule has 0 bridgehead atoms. The zero-order chi connectivity index (χ0) is 29.7. The van der Waals surface area contributed by atoms with Crippen molar-refractivity contribution >= 4 is 29.0 Å². The fraction of sp³-hybridized carbons (Fsp3) is 0.241. The summed E-state index contributed by atoms with van der Waals surface area (Å²) in [5.41, 5.74) is 6.94. The minimum absolute atomic E-state index is 0.0136. The first-order valence-corrected chi connectivity index (χ1v) is 12.8. The lowest BCUT2D eigenvalue weighted by molar-refractivity contribution is 0.0684. The van der Waals surface area contributed by atoms with E-state index in [0.717, 1.165) is 11.1 Å². The number of anilines is 2. The van der Waals surface area contributed by atoms with Crippen molar-refractivity contribution in [3.63, 3.8) is 0 Å². The monoisotopic (exact) mass is 562 g/mol. The van der Waals surface area contributed by atoms with Crippen LogP contribution in [0.4, 0.5) is 20.6 Å². The molecule has 214 valence electrons. The Morgan fingerprint density at radius 3 is 2.32 bits per heavy atom. The fourth-order valence-electron chi connectivity index (χ4n) is 4.13. The van der Waals surface area contributed by atoms with Gasteiger partial charge in [0.05, 0.1) is 11.4 Å². The number of hydrogen-bond donors (Lipinski definition) is 2. The maximum absolute atomic E-state index is 13.4. The molecule has 41 heavy (non-hydrogen) atoms. The first-order valence-electron chi connectivity index (χ1n) is 12.8. The Bertz CT molecular complexity index is 1610. The maximum atomic E-state index is 13.4. The Morgan fingerprint density at radius 1 is 1.07 bits per heavy atom. The minimum Gasteiger partial charge on any atom is -0.481 e. The number of aromatic nitrogens is 2. The summed E-state index contributed by atoms with van der Waals surface area (Å²) < 4.78 is 19.1. The third-order valence-electron chi connectivity index (χ3n) is 6.45. The molecule has 2 aromatic heterocycles. The zero-order valence-electron chi connectivity index (χ0n) is 23.0. The topological polar surface area (TPSA) is 134 Å². The number of nitrogens with zero attached hydrogens (tertiary/aromatic N) is 5. The molecule has 0 radical (unpaired) electrons. The van der Waals surface area contributed by atoms with Crippen molar-refractivity contribution in [2.45, 2.75) is 13.2 Å². The lowest BCUT2D eigenvalue weighted by atomic mass is 10.2. The van der Waals surface area contributed by atoms with E-state index in [1.54, 1.807) is 55.3 Å². The number of carbonyl (C=O) groups excluding carboxylic acids is 1. The molecule has 3 heterocycles. The molecule has 0 aliphatic carbocycles. The molecule has 12 heteroatoms. The van der Waals surface area contributed by atoms with E-state index in [1.165, 1.54) is 21.4 Å². The number of rotatable bonds is 7. The van der Waals surface area contributed by atoms with Crippen LogP contribution in [0, 0.1) is 5.82 Å². The number of carboxylic acids is 1. The van der Waals surface area contributed by atoms with E-state index in [4.69, 9.17) is 10.5 Å². The lowest BCUT2D eigenvalue weighted by Crippen LogP contribution is -2.31. The zero-order valence-corrected chi connectivity index (χ0v) is 23.0. The summed E-state index contributed by atoms with van der Waals surface area (Å²) >= 11 is 0. The van der Waals surface area contributed by atoms with Crippen molar-refractivity contribution < 1.29 is 23.8 Å². The molecule has 2 aromatic carbocycles. The second-order valence-corrected chi connectivity index (χ2v) is 9.53. The summed E-state index contributed by atoms with van der Waals surface area (Å²) in [6.45, 7) is 1.39. The summed E-state index contributed by atoms with van der Waals surface area (Å²) in [6, 6.07) is 16.7. The standard InChI is InChI=1S/C22H23N5O5.C7H8FN/c1-24(2)15-11-16(26-10-9-25(3)22(26)31)19-23-17(21(29)30)18(20(28)27(19)12-15)32-13-14-7-5-4-6-8-14;8-7-3-1-6(5-9)2-4-7/h4-8,11-12H,9-10,13H2,1-3H3,(H,29,30);1-4H,5,9H2. The SMILES string of the molecule is CN1CCN(c2cc(N(C)C)cn3c(=O)c(OCc4ccccc4)c(C(=O)O)nc23)C1=O.NCc1ccc(F)cc1. The van der Waals surface area contributed by atoms with Crippen molar-refractivity contribution in [2.24, 2.45) is 5.73 Å². The fourth-order valence-corrected chi connectivity index (χ4v) is 4.13. The van der Waals surface area contributed by atoms with E-state index in [0.29, 0.717) is 31.0 Å². The van der Waals surface area contributed by atoms with Gasteiger partial charge in [0.25, 0.3) is 0 Å². The third-order valence-corrected chi connectivity index (χ3v) is 6.45. The number of fused-ring (bicyclic) bond motifs is 1. The summed E-state index contributed by atoms with van der Waals surface area (Å²) in [4.78, 5) is 47.1. The number of pyridine rings is 1. The molecule has 1 aliphatic heterocycles. The van der Waals surface area contributed by atoms with Gasteiger partial charge in [0, 0.05) is 47.0 Å². The van der Waals surface area contributed by atoms with Gasteiger partial charge in [-0.25, -0.2) is 19.0 Å². The summed E-state index contributed by atoms with van der Waals surface area (Å²) in [5.74, 6) is -1.96. The first-order chi connectivity index (χ1) is 19.6. The number of aromatic carboxylic acids is 1. The molecule has 0 saturated carbocycles. The summed E-state index contributed by atoms with van der Waals surface area (Å²) in [6.07, 6.45) is 1.55. The lowest BCUT2D eigenvalue weighted by Gasteiger charge is -2.22. The van der Waals surface area contributed by atoms with Gasteiger partial charge in [0.15, 0.2) is 11.3 Å². The second-order valence-electron chi connectivity index (χ2n) is 9.53. The van der Waals surface area contributed by atoms with Gasteiger partial charge in [-0.05, 0) is 29.3 Å². The van der Waals surface area contributed by atoms with Gasteiger partial charge in [-0.2, -0.15) is 0 Å². The number of benzene rings is 2. The highest BCUT2D eigenvalue weighted by Gasteiger charge is 2.31. The summed E-state index contributed by atoms with van der Waals surface area (Å²) in [5, 5.41) is 9.75. The second kappa shape index (κ2) is 12.5. The molecule has 2 amide bonds. The van der Waals surface area contributed by atoms with Crippen LogP contribution in [0.2, 0.25) is 0 Å². The maximum Gasteiger partial charge on any atom is 0.358 e. The van der Waals surface area contributed by atoms with E-state index in [9.17, 15) is 23.9 Å². The van der Waals surface area contributed by atoms with E-state index in [1.807, 2.05) is 30.3 Å². The van der Waals surface area contributed by atoms with Crippen LogP contribution in [0.5, 0.6) is 5.75 Å². The van der Waals surface area contributed by atoms with Gasteiger partial charge in [-0.1, -0.05) is 42.5 Å². The first kappa shape index (κ1) is 29.0. The average Bonchev–Trinajstić information content (AvgIpc) is 3.30. The molecular weight excluding hydrogens is 531 g/mol. The molecule has 0 atom stereocenters. The van der Waals surface area contributed by atoms with Gasteiger partial charge >= 0.3 is 17.6 Å². The van der Waals surface area contributed by atoms with E-state index < -0.39 is 17.2 Å². The van der Waals surface area contributed by atoms with Gasteiger partial charge in [0.2, 0.25) is 5.75 Å².